The molecule has 0 bridgehead atoms. The van der Waals surface area contributed by atoms with E-state index in [1.54, 1.807) is 6.92 Å². The van der Waals surface area contributed by atoms with Gasteiger partial charge in [-0.2, -0.15) is 0 Å². The van der Waals surface area contributed by atoms with Gasteiger partial charge in [0.05, 0.1) is 6.61 Å². The predicted molar refractivity (Wildman–Crippen MR) is 53.8 cm³/mol. The smallest absolute Gasteiger partial charge is 0.330 e. The maximum Gasteiger partial charge on any atom is 0.330 e. The van der Waals surface area contributed by atoms with Gasteiger partial charge in [0, 0.05) is 6.16 Å². The third kappa shape index (κ3) is 3.24. The van der Waals surface area contributed by atoms with Crippen molar-refractivity contribution in [1.29, 1.82) is 0 Å². The Morgan fingerprint density at radius 2 is 2.00 bits per heavy atom. The first-order chi connectivity index (χ1) is 7.41. The van der Waals surface area contributed by atoms with E-state index in [1.165, 1.54) is 0 Å². The van der Waals surface area contributed by atoms with Gasteiger partial charge < -0.3 is 24.9 Å². The summed E-state index contributed by atoms with van der Waals surface area (Å²) in [5, 5.41) is 27.6. The minimum atomic E-state index is -3.82. The second-order valence-electron chi connectivity index (χ2n) is 3.67. The van der Waals surface area contributed by atoms with Crippen LogP contribution in [0.4, 0.5) is 0 Å². The molecule has 1 aliphatic rings. The average molecular weight is 256 g/mol. The molecule has 16 heavy (non-hydrogen) atoms. The van der Waals surface area contributed by atoms with E-state index in [9.17, 15) is 19.7 Å². The highest BCUT2D eigenvalue weighted by molar-refractivity contribution is 7.52. The largest absolute Gasteiger partial charge is 0.394 e. The van der Waals surface area contributed by atoms with E-state index >= 15 is 0 Å². The number of ether oxygens (including phenoxy) is 1. The third-order valence-electron chi connectivity index (χ3n) is 2.27. The van der Waals surface area contributed by atoms with Crippen molar-refractivity contribution in [3.05, 3.63) is 0 Å². The Labute approximate surface area is 93.2 Å². The average Bonchev–Trinajstić information content (AvgIpc) is 2.45. The zero-order valence-corrected chi connectivity index (χ0v) is 9.79. The molecule has 1 aliphatic heterocycles. The molecule has 0 aromatic rings. The predicted octanol–water partition coefficient (Wildman–Crippen LogP) is -0.963. The number of rotatable bonds is 5. The van der Waals surface area contributed by atoms with Crippen LogP contribution in [0, 0.1) is 0 Å². The van der Waals surface area contributed by atoms with Crippen LogP contribution in [0.1, 0.15) is 13.3 Å². The van der Waals surface area contributed by atoms with Crippen LogP contribution in [0.3, 0.4) is 0 Å². The van der Waals surface area contributed by atoms with Crippen LogP contribution < -0.4 is 0 Å². The van der Waals surface area contributed by atoms with E-state index < -0.39 is 38.8 Å². The van der Waals surface area contributed by atoms with Gasteiger partial charge in [0.2, 0.25) is 0 Å². The van der Waals surface area contributed by atoms with Gasteiger partial charge in [0.1, 0.15) is 18.3 Å². The number of aliphatic hydroxyl groups excluding tert-OH is 3. The Hall–Kier alpha value is -0.0100. The summed E-state index contributed by atoms with van der Waals surface area (Å²) in [5.74, 6) is 0. The highest BCUT2D eigenvalue weighted by Crippen LogP contribution is 2.45. The van der Waals surface area contributed by atoms with Crippen molar-refractivity contribution in [2.75, 3.05) is 12.8 Å². The molecule has 0 spiro atoms. The summed E-state index contributed by atoms with van der Waals surface area (Å²) in [7, 11) is -3.82. The van der Waals surface area contributed by atoms with Gasteiger partial charge >= 0.3 is 7.60 Å². The zero-order chi connectivity index (χ0) is 12.3. The molecule has 1 unspecified atom stereocenters. The van der Waals surface area contributed by atoms with E-state index in [0.717, 1.165) is 0 Å². The Morgan fingerprint density at radius 3 is 2.44 bits per heavy atom. The first-order valence-corrected chi connectivity index (χ1v) is 6.80. The van der Waals surface area contributed by atoms with Gasteiger partial charge in [-0.3, -0.25) is 9.09 Å². The lowest BCUT2D eigenvalue weighted by atomic mass is 10.1. The lowest BCUT2D eigenvalue weighted by Crippen LogP contribution is -2.34. The molecule has 5 atom stereocenters. The molecule has 4 N–H and O–H groups in total. The van der Waals surface area contributed by atoms with Crippen LogP contribution in [-0.2, 0) is 13.8 Å². The van der Waals surface area contributed by atoms with Gasteiger partial charge in [-0.05, 0) is 6.42 Å². The Kier molecular flexibility index (Phi) is 4.88. The van der Waals surface area contributed by atoms with Crippen LogP contribution in [-0.4, -0.2) is 57.6 Å². The number of hydrogen-bond acceptors (Lipinski definition) is 6. The topological polar surface area (TPSA) is 116 Å². The lowest BCUT2D eigenvalue weighted by molar-refractivity contribution is -0.120. The van der Waals surface area contributed by atoms with Gasteiger partial charge in [-0.15, -0.1) is 0 Å². The maximum absolute atomic E-state index is 11.4. The molecule has 7 nitrogen and oxygen atoms in total. The highest BCUT2D eigenvalue weighted by Gasteiger charge is 2.45. The second kappa shape index (κ2) is 5.55. The van der Waals surface area contributed by atoms with Crippen molar-refractivity contribution in [3.63, 3.8) is 0 Å². The third-order valence-corrected chi connectivity index (χ3v) is 3.82. The fraction of sp³-hybridized carbons (Fsp3) is 1.00. The van der Waals surface area contributed by atoms with Crippen LogP contribution in [0.25, 0.3) is 0 Å². The number of aliphatic hydroxyl groups is 3. The number of hydrogen-bond donors (Lipinski definition) is 4. The van der Waals surface area contributed by atoms with E-state index in [4.69, 9.17) is 14.4 Å². The summed E-state index contributed by atoms with van der Waals surface area (Å²) in [4.78, 5) is 9.34. The minimum absolute atomic E-state index is 0.0561. The Balaban J connectivity index is 2.59. The summed E-state index contributed by atoms with van der Waals surface area (Å²) in [6.07, 6.45) is -4.75. The first kappa shape index (κ1) is 14.1. The van der Waals surface area contributed by atoms with Crippen molar-refractivity contribution < 1.29 is 34.0 Å². The monoisotopic (exact) mass is 256 g/mol. The zero-order valence-electron chi connectivity index (χ0n) is 8.89. The summed E-state index contributed by atoms with van der Waals surface area (Å²) < 4.78 is 21.0. The van der Waals surface area contributed by atoms with Crippen molar-refractivity contribution in [1.82, 2.24) is 0 Å². The Bertz CT molecular complexity index is 271. The molecule has 1 saturated heterocycles. The van der Waals surface area contributed by atoms with Gasteiger partial charge in [0.15, 0.2) is 6.29 Å². The van der Waals surface area contributed by atoms with E-state index in [1.807, 2.05) is 0 Å². The van der Waals surface area contributed by atoms with E-state index in [-0.39, 0.29) is 6.16 Å². The standard InChI is InChI=1S/C8H17O7P/c1-2-3-16(12,13)15-8-7(11)6(10)5(4-9)14-8/h5-11H,2-4H2,1H3,(H,12,13)/t5-,6-,7-,8-/m1/s1. The van der Waals surface area contributed by atoms with Crippen LogP contribution >= 0.6 is 7.60 Å². The van der Waals surface area contributed by atoms with Crippen molar-refractivity contribution in [2.45, 2.75) is 37.9 Å². The fourth-order valence-electron chi connectivity index (χ4n) is 1.45. The lowest BCUT2D eigenvalue weighted by Gasteiger charge is -2.19. The first-order valence-electron chi connectivity index (χ1n) is 5.04. The Morgan fingerprint density at radius 1 is 1.38 bits per heavy atom. The summed E-state index contributed by atoms with van der Waals surface area (Å²) in [6.45, 7) is 1.21. The van der Waals surface area contributed by atoms with Gasteiger partial charge in [-0.1, -0.05) is 6.92 Å². The normalized spacial score (nSPS) is 38.6. The molecule has 0 aliphatic carbocycles. The molecule has 0 radical (unpaired) electrons. The molecule has 0 amide bonds. The second-order valence-corrected chi connectivity index (χ2v) is 5.61. The van der Waals surface area contributed by atoms with Crippen molar-refractivity contribution in [3.8, 4) is 0 Å². The van der Waals surface area contributed by atoms with Crippen LogP contribution in [0.2, 0.25) is 0 Å². The summed E-state index contributed by atoms with van der Waals surface area (Å²) in [6, 6.07) is 0. The minimum Gasteiger partial charge on any atom is -0.394 e. The highest BCUT2D eigenvalue weighted by atomic mass is 31.2. The van der Waals surface area contributed by atoms with Crippen LogP contribution in [0.15, 0.2) is 0 Å². The fourth-order valence-corrected chi connectivity index (χ4v) is 2.62. The van der Waals surface area contributed by atoms with Gasteiger partial charge in [0.25, 0.3) is 0 Å². The molecule has 0 aromatic carbocycles. The molecular weight excluding hydrogens is 239 g/mol. The molecular formula is C8H17O7P. The summed E-state index contributed by atoms with van der Waals surface area (Å²) in [5.41, 5.74) is 0. The van der Waals surface area contributed by atoms with Crippen molar-refractivity contribution >= 4 is 7.60 Å². The van der Waals surface area contributed by atoms with Crippen molar-refractivity contribution in [2.24, 2.45) is 0 Å². The quantitative estimate of drug-likeness (QED) is 0.468. The molecule has 1 rings (SSSR count). The van der Waals surface area contributed by atoms with Crippen LogP contribution in [0.5, 0.6) is 0 Å². The maximum atomic E-state index is 11.4. The molecule has 1 fully saturated rings. The SMILES string of the molecule is CCCP(=O)(O)O[C@H]1O[C@H](CO)[C@@H](O)[C@H]1O. The molecule has 0 saturated carbocycles. The van der Waals surface area contributed by atoms with E-state index in [2.05, 4.69) is 0 Å². The molecule has 96 valence electrons. The summed E-state index contributed by atoms with van der Waals surface area (Å²) >= 11 is 0. The molecule has 1 heterocycles. The molecule has 0 aromatic heterocycles. The van der Waals surface area contributed by atoms with E-state index in [0.29, 0.717) is 6.42 Å². The molecule has 8 heteroatoms. The van der Waals surface area contributed by atoms with Gasteiger partial charge in [-0.25, -0.2) is 0 Å².